The summed E-state index contributed by atoms with van der Waals surface area (Å²) in [6.07, 6.45) is 0. The predicted octanol–water partition coefficient (Wildman–Crippen LogP) is 4.22. The zero-order valence-corrected chi connectivity index (χ0v) is 23.3. The number of halogens is 1. The van der Waals surface area contributed by atoms with Crippen molar-refractivity contribution in [2.75, 3.05) is 24.5 Å². The SMILES string of the molecule is COc1ccc(N(CC(=O)N(Cc2ccccc2F)[C@H](C)C(=O)NCC(C)C)S(=O)(=O)c2ccccc2)cc1. The second kappa shape index (κ2) is 13.2. The van der Waals surface area contributed by atoms with Crippen LogP contribution in [-0.2, 0) is 26.2 Å². The van der Waals surface area contributed by atoms with E-state index in [-0.39, 0.29) is 28.6 Å². The van der Waals surface area contributed by atoms with Crippen LogP contribution in [-0.4, -0.2) is 51.4 Å². The zero-order valence-electron chi connectivity index (χ0n) is 22.5. The van der Waals surface area contributed by atoms with Crippen molar-refractivity contribution in [3.63, 3.8) is 0 Å². The Bertz CT molecular complexity index is 1370. The molecule has 0 aromatic heterocycles. The summed E-state index contributed by atoms with van der Waals surface area (Å²) in [6.45, 7) is 4.98. The molecule has 2 amide bonds. The van der Waals surface area contributed by atoms with Crippen LogP contribution >= 0.6 is 0 Å². The normalized spacial score (nSPS) is 12.1. The number of nitrogens with zero attached hydrogens (tertiary/aromatic N) is 2. The molecule has 3 rings (SSSR count). The van der Waals surface area contributed by atoms with Crippen molar-refractivity contribution in [1.29, 1.82) is 0 Å². The van der Waals surface area contributed by atoms with Gasteiger partial charge in [0.2, 0.25) is 11.8 Å². The standard InChI is InChI=1S/C29H34FN3O5S/c1-21(2)18-31-29(35)22(3)32(19-23-10-8-9-13-27(23)30)28(34)20-33(24-14-16-25(38-4)17-15-24)39(36,37)26-11-6-5-7-12-26/h5-17,21-22H,18-20H2,1-4H3,(H,31,35)/t22-/m1/s1. The Balaban J connectivity index is 2.01. The summed E-state index contributed by atoms with van der Waals surface area (Å²) in [6, 6.07) is 19.0. The summed E-state index contributed by atoms with van der Waals surface area (Å²) in [7, 11) is -2.69. The van der Waals surface area contributed by atoms with Crippen LogP contribution in [0, 0.1) is 11.7 Å². The van der Waals surface area contributed by atoms with Gasteiger partial charge in [0.05, 0.1) is 17.7 Å². The van der Waals surface area contributed by atoms with Gasteiger partial charge in [-0.25, -0.2) is 12.8 Å². The molecule has 0 heterocycles. The van der Waals surface area contributed by atoms with E-state index in [1.807, 2.05) is 13.8 Å². The number of carbonyl (C=O) groups excluding carboxylic acids is 2. The highest BCUT2D eigenvalue weighted by Crippen LogP contribution is 2.26. The Hall–Kier alpha value is -3.92. The van der Waals surface area contributed by atoms with Crippen molar-refractivity contribution < 1.29 is 27.1 Å². The Labute approximate surface area is 229 Å². The summed E-state index contributed by atoms with van der Waals surface area (Å²) in [4.78, 5) is 28.0. The third kappa shape index (κ3) is 7.57. The Morgan fingerprint density at radius 2 is 1.54 bits per heavy atom. The van der Waals surface area contributed by atoms with E-state index in [0.29, 0.717) is 12.3 Å². The highest BCUT2D eigenvalue weighted by atomic mass is 32.2. The average Bonchev–Trinajstić information content (AvgIpc) is 2.94. The molecular formula is C29H34FN3O5S. The maximum Gasteiger partial charge on any atom is 0.264 e. The molecule has 0 saturated carbocycles. The Kier molecular flexibility index (Phi) is 10.1. The summed E-state index contributed by atoms with van der Waals surface area (Å²) in [5, 5.41) is 2.80. The number of hydrogen-bond donors (Lipinski definition) is 1. The molecule has 39 heavy (non-hydrogen) atoms. The van der Waals surface area contributed by atoms with Crippen molar-refractivity contribution in [2.24, 2.45) is 5.92 Å². The molecule has 3 aromatic rings. The molecule has 10 heteroatoms. The first kappa shape index (κ1) is 29.6. The van der Waals surface area contributed by atoms with Gasteiger partial charge in [-0.3, -0.25) is 13.9 Å². The van der Waals surface area contributed by atoms with Crippen LogP contribution < -0.4 is 14.4 Å². The van der Waals surface area contributed by atoms with Crippen molar-refractivity contribution in [2.45, 2.75) is 38.3 Å². The number of amides is 2. The van der Waals surface area contributed by atoms with Gasteiger partial charge < -0.3 is 15.0 Å². The lowest BCUT2D eigenvalue weighted by Crippen LogP contribution is -2.51. The molecule has 1 atom stereocenters. The van der Waals surface area contributed by atoms with Gasteiger partial charge in [0.25, 0.3) is 10.0 Å². The summed E-state index contributed by atoms with van der Waals surface area (Å²) in [5.74, 6) is -0.928. The van der Waals surface area contributed by atoms with Crippen molar-refractivity contribution in [3.05, 3.63) is 90.2 Å². The predicted molar refractivity (Wildman–Crippen MR) is 148 cm³/mol. The molecule has 0 unspecified atom stereocenters. The van der Waals surface area contributed by atoms with Crippen LogP contribution in [0.4, 0.5) is 10.1 Å². The van der Waals surface area contributed by atoms with Crippen LogP contribution in [0.5, 0.6) is 5.75 Å². The molecule has 0 saturated heterocycles. The average molecular weight is 556 g/mol. The van der Waals surface area contributed by atoms with Gasteiger partial charge in [-0.2, -0.15) is 0 Å². The molecule has 0 bridgehead atoms. The Morgan fingerprint density at radius 1 is 0.923 bits per heavy atom. The minimum absolute atomic E-state index is 0.00278. The van der Waals surface area contributed by atoms with Gasteiger partial charge in [-0.15, -0.1) is 0 Å². The highest BCUT2D eigenvalue weighted by Gasteiger charge is 2.32. The quantitative estimate of drug-likeness (QED) is 0.361. The molecule has 0 aliphatic rings. The van der Waals surface area contributed by atoms with Crippen LogP contribution in [0.1, 0.15) is 26.3 Å². The van der Waals surface area contributed by atoms with Gasteiger partial charge in [-0.1, -0.05) is 50.2 Å². The molecule has 0 fully saturated rings. The van der Waals surface area contributed by atoms with Crippen LogP contribution in [0.3, 0.4) is 0 Å². The summed E-state index contributed by atoms with van der Waals surface area (Å²) >= 11 is 0. The molecule has 0 aliphatic heterocycles. The summed E-state index contributed by atoms with van der Waals surface area (Å²) in [5.41, 5.74) is 0.437. The van der Waals surface area contributed by atoms with E-state index in [2.05, 4.69) is 5.32 Å². The number of sulfonamides is 1. The maximum absolute atomic E-state index is 14.6. The third-order valence-electron chi connectivity index (χ3n) is 6.12. The third-order valence-corrected chi connectivity index (χ3v) is 7.91. The molecule has 1 N–H and O–H groups in total. The largest absolute Gasteiger partial charge is 0.497 e. The van der Waals surface area contributed by atoms with E-state index in [1.165, 1.54) is 61.4 Å². The van der Waals surface area contributed by atoms with Crippen LogP contribution in [0.2, 0.25) is 0 Å². The first-order valence-corrected chi connectivity index (χ1v) is 14.0. The van der Waals surface area contributed by atoms with E-state index >= 15 is 0 Å². The van der Waals surface area contributed by atoms with Crippen LogP contribution in [0.25, 0.3) is 0 Å². The number of hydrogen-bond acceptors (Lipinski definition) is 5. The lowest BCUT2D eigenvalue weighted by molar-refractivity contribution is -0.139. The van der Waals surface area contributed by atoms with Crippen molar-refractivity contribution in [3.8, 4) is 5.75 Å². The minimum Gasteiger partial charge on any atom is -0.497 e. The lowest BCUT2D eigenvalue weighted by atomic mass is 10.1. The number of methoxy groups -OCH3 is 1. The summed E-state index contributed by atoms with van der Waals surface area (Å²) < 4.78 is 48.2. The number of carbonyl (C=O) groups is 2. The van der Waals surface area contributed by atoms with E-state index in [1.54, 1.807) is 36.4 Å². The molecule has 8 nitrogen and oxygen atoms in total. The fraction of sp³-hybridized carbons (Fsp3) is 0.310. The molecule has 3 aromatic carbocycles. The number of benzene rings is 3. The maximum atomic E-state index is 14.6. The molecule has 0 radical (unpaired) electrons. The van der Waals surface area contributed by atoms with Crippen molar-refractivity contribution in [1.82, 2.24) is 10.2 Å². The first-order chi connectivity index (χ1) is 18.5. The smallest absolute Gasteiger partial charge is 0.264 e. The first-order valence-electron chi connectivity index (χ1n) is 12.6. The van der Waals surface area contributed by atoms with Gasteiger partial charge in [0.15, 0.2) is 0 Å². The lowest BCUT2D eigenvalue weighted by Gasteiger charge is -2.32. The van der Waals surface area contributed by atoms with E-state index in [9.17, 15) is 22.4 Å². The van der Waals surface area contributed by atoms with Gasteiger partial charge >= 0.3 is 0 Å². The van der Waals surface area contributed by atoms with E-state index in [4.69, 9.17) is 4.74 Å². The fourth-order valence-electron chi connectivity index (χ4n) is 3.84. The van der Waals surface area contributed by atoms with Crippen molar-refractivity contribution >= 4 is 27.5 Å². The molecule has 0 aliphatic carbocycles. The van der Waals surface area contributed by atoms with Gasteiger partial charge in [0, 0.05) is 18.7 Å². The van der Waals surface area contributed by atoms with Crippen LogP contribution in [0.15, 0.2) is 83.8 Å². The monoisotopic (exact) mass is 555 g/mol. The molecular weight excluding hydrogens is 521 g/mol. The van der Waals surface area contributed by atoms with E-state index < -0.39 is 40.2 Å². The fourth-order valence-corrected chi connectivity index (χ4v) is 5.28. The second-order valence-corrected chi connectivity index (χ2v) is 11.3. The van der Waals surface area contributed by atoms with Gasteiger partial charge in [0.1, 0.15) is 24.2 Å². The molecule has 208 valence electrons. The minimum atomic E-state index is -4.18. The van der Waals surface area contributed by atoms with Gasteiger partial charge in [-0.05, 0) is 55.3 Å². The number of rotatable bonds is 12. The van der Waals surface area contributed by atoms with E-state index in [0.717, 1.165) is 4.31 Å². The zero-order chi connectivity index (χ0) is 28.6. The second-order valence-electron chi connectivity index (χ2n) is 9.45. The number of anilines is 1. The highest BCUT2D eigenvalue weighted by molar-refractivity contribution is 7.92. The Morgan fingerprint density at radius 3 is 2.13 bits per heavy atom. The number of nitrogens with one attached hydrogen (secondary N) is 1. The number of ether oxygens (including phenoxy) is 1. The topological polar surface area (TPSA) is 96.0 Å². The molecule has 0 spiro atoms.